The minimum absolute atomic E-state index is 0.00807. The van der Waals surface area contributed by atoms with E-state index in [9.17, 15) is 9.90 Å². The third-order valence-corrected chi connectivity index (χ3v) is 4.38. The molecule has 2 aromatic rings. The van der Waals surface area contributed by atoms with Crippen LogP contribution in [0.5, 0.6) is 5.75 Å². The Morgan fingerprint density at radius 1 is 1.12 bits per heavy atom. The van der Waals surface area contributed by atoms with Gasteiger partial charge in [-0.05, 0) is 68.7 Å². The molecule has 4 heteroatoms. The first-order valence-electron chi connectivity index (χ1n) is 8.91. The number of carbonyl (C=O) groups excluding carboxylic acids is 1. The van der Waals surface area contributed by atoms with Crippen LogP contribution in [0.1, 0.15) is 46.6 Å². The second kappa shape index (κ2) is 7.87. The monoisotopic (exact) mass is 343 g/mol. The van der Waals surface area contributed by atoms with Gasteiger partial charge in [0.2, 0.25) is 0 Å². The summed E-state index contributed by atoms with van der Waals surface area (Å²) in [6.45, 7) is 10.7. The Balaban J connectivity index is 2.26. The van der Waals surface area contributed by atoms with Gasteiger partial charge >= 0.3 is 0 Å². The van der Waals surface area contributed by atoms with E-state index in [0.717, 1.165) is 16.3 Å². The zero-order valence-electron chi connectivity index (χ0n) is 15.9. The first-order valence-corrected chi connectivity index (χ1v) is 8.91. The first-order chi connectivity index (χ1) is 11.8. The molecule has 0 radical (unpaired) electrons. The number of fused-ring (bicyclic) bond motifs is 1. The molecule has 1 N–H and O–H groups in total. The Kier molecular flexibility index (Phi) is 6.07. The van der Waals surface area contributed by atoms with Gasteiger partial charge in [0.15, 0.2) is 6.10 Å². The summed E-state index contributed by atoms with van der Waals surface area (Å²) in [7, 11) is 0. The van der Waals surface area contributed by atoms with Crippen LogP contribution in [0.15, 0.2) is 36.4 Å². The number of carbonyl (C=O) groups is 1. The van der Waals surface area contributed by atoms with Crippen LogP contribution in [0.4, 0.5) is 0 Å². The van der Waals surface area contributed by atoms with E-state index in [1.54, 1.807) is 0 Å². The normalized spacial score (nSPS) is 12.9. The molecular formula is C21H29NO3. The van der Waals surface area contributed by atoms with Crippen molar-refractivity contribution in [3.8, 4) is 5.75 Å². The number of hydrogen-bond acceptors (Lipinski definition) is 3. The highest BCUT2D eigenvalue weighted by Crippen LogP contribution is 2.25. The van der Waals surface area contributed by atoms with Gasteiger partial charge in [-0.25, -0.2) is 0 Å². The van der Waals surface area contributed by atoms with Gasteiger partial charge in [-0.15, -0.1) is 0 Å². The molecule has 2 aromatic carbocycles. The zero-order valence-corrected chi connectivity index (χ0v) is 15.9. The molecule has 0 spiro atoms. The van der Waals surface area contributed by atoms with Crippen molar-refractivity contribution in [1.29, 1.82) is 0 Å². The molecule has 0 bridgehead atoms. The van der Waals surface area contributed by atoms with E-state index < -0.39 is 6.10 Å². The molecule has 25 heavy (non-hydrogen) atoms. The average molecular weight is 343 g/mol. The molecule has 0 aromatic heterocycles. The second-order valence-electron chi connectivity index (χ2n) is 7.27. The molecule has 4 nitrogen and oxygen atoms in total. The summed E-state index contributed by atoms with van der Waals surface area (Å²) >= 11 is 0. The third-order valence-electron chi connectivity index (χ3n) is 4.38. The highest BCUT2D eigenvalue weighted by atomic mass is 16.5. The number of benzene rings is 2. The van der Waals surface area contributed by atoms with E-state index in [-0.39, 0.29) is 18.1 Å². The van der Waals surface area contributed by atoms with Crippen LogP contribution in [0, 0.1) is 0 Å². The van der Waals surface area contributed by atoms with E-state index >= 15 is 0 Å². The first kappa shape index (κ1) is 19.3. The summed E-state index contributed by atoms with van der Waals surface area (Å²) in [4.78, 5) is 14.7. The lowest BCUT2D eigenvalue weighted by Crippen LogP contribution is -2.51. The summed E-state index contributed by atoms with van der Waals surface area (Å²) in [5.74, 6) is 0.689. The van der Waals surface area contributed by atoms with Gasteiger partial charge in [0.1, 0.15) is 5.75 Å². The van der Waals surface area contributed by atoms with Crippen LogP contribution in [-0.4, -0.2) is 34.1 Å². The summed E-state index contributed by atoms with van der Waals surface area (Å²) in [6.07, 6.45) is 0.109. The van der Waals surface area contributed by atoms with Crippen molar-refractivity contribution in [2.45, 2.75) is 59.3 Å². The van der Waals surface area contributed by atoms with Gasteiger partial charge in [0, 0.05) is 12.1 Å². The van der Waals surface area contributed by atoms with Crippen molar-refractivity contribution in [2.24, 2.45) is 0 Å². The minimum atomic E-state index is -0.502. The number of amides is 1. The number of ether oxygens (including phenoxy) is 1. The Morgan fingerprint density at radius 2 is 1.80 bits per heavy atom. The Labute approximate surface area is 150 Å². The van der Waals surface area contributed by atoms with Crippen LogP contribution in [-0.2, 0) is 11.4 Å². The predicted octanol–water partition coefficient (Wildman–Crippen LogP) is 4.14. The fourth-order valence-electron chi connectivity index (χ4n) is 3.05. The number of aliphatic hydroxyl groups excluding tert-OH is 1. The molecule has 0 saturated heterocycles. The van der Waals surface area contributed by atoms with Gasteiger partial charge in [-0.2, -0.15) is 0 Å². The quantitative estimate of drug-likeness (QED) is 0.858. The highest BCUT2D eigenvalue weighted by molar-refractivity contribution is 5.85. The number of rotatable bonds is 6. The van der Waals surface area contributed by atoms with Crippen LogP contribution in [0.25, 0.3) is 10.8 Å². The smallest absolute Gasteiger partial charge is 0.264 e. The summed E-state index contributed by atoms with van der Waals surface area (Å²) in [5, 5.41) is 11.4. The molecule has 2 rings (SSSR count). The number of likely N-dealkylation sites (N-methyl/N-ethyl adjacent to an activating group) is 1. The van der Waals surface area contributed by atoms with E-state index in [4.69, 9.17) is 4.74 Å². The van der Waals surface area contributed by atoms with Crippen molar-refractivity contribution in [3.05, 3.63) is 42.0 Å². The lowest BCUT2D eigenvalue weighted by atomic mass is 10.0. The number of nitrogens with zero attached hydrogens (tertiary/aromatic N) is 1. The van der Waals surface area contributed by atoms with Gasteiger partial charge in [0.05, 0.1) is 6.61 Å². The second-order valence-corrected chi connectivity index (χ2v) is 7.27. The van der Waals surface area contributed by atoms with E-state index in [2.05, 4.69) is 0 Å². The number of aliphatic hydroxyl groups is 1. The van der Waals surface area contributed by atoms with E-state index in [1.165, 1.54) is 0 Å². The van der Waals surface area contributed by atoms with Crippen molar-refractivity contribution >= 4 is 16.7 Å². The SMILES string of the molecule is CCC(Oc1ccc2ccc(CO)cc2c1)C(=O)N(CC)C(C)(C)C. The predicted molar refractivity (Wildman–Crippen MR) is 102 cm³/mol. The van der Waals surface area contributed by atoms with Gasteiger partial charge in [0.25, 0.3) is 5.91 Å². The summed E-state index contributed by atoms with van der Waals surface area (Å²) in [5.41, 5.74) is 0.625. The fourth-order valence-corrected chi connectivity index (χ4v) is 3.05. The average Bonchev–Trinajstić information content (AvgIpc) is 2.58. The van der Waals surface area contributed by atoms with Gasteiger partial charge in [-0.1, -0.05) is 25.1 Å². The maximum absolute atomic E-state index is 12.9. The molecule has 0 saturated carbocycles. The lowest BCUT2D eigenvalue weighted by molar-refractivity contribution is -0.143. The third kappa shape index (κ3) is 4.51. The van der Waals surface area contributed by atoms with E-state index in [1.807, 2.05) is 75.9 Å². The Morgan fingerprint density at radius 3 is 2.36 bits per heavy atom. The van der Waals surface area contributed by atoms with Gasteiger partial charge < -0.3 is 14.7 Å². The fraction of sp³-hybridized carbons (Fsp3) is 0.476. The van der Waals surface area contributed by atoms with Crippen molar-refractivity contribution in [1.82, 2.24) is 4.90 Å². The number of hydrogen-bond donors (Lipinski definition) is 1. The standard InChI is InChI=1S/C21H29NO3/c1-6-19(20(24)22(7-2)21(3,4)5)25-18-11-10-16-9-8-15(14-23)12-17(16)13-18/h8-13,19,23H,6-7,14H2,1-5H3. The molecule has 136 valence electrons. The van der Waals surface area contributed by atoms with Crippen LogP contribution in [0.2, 0.25) is 0 Å². The molecule has 1 atom stereocenters. The molecule has 0 fully saturated rings. The Hall–Kier alpha value is -2.07. The van der Waals surface area contributed by atoms with Crippen molar-refractivity contribution in [3.63, 3.8) is 0 Å². The molecular weight excluding hydrogens is 314 g/mol. The molecule has 0 aliphatic carbocycles. The van der Waals surface area contributed by atoms with Gasteiger partial charge in [-0.3, -0.25) is 4.79 Å². The topological polar surface area (TPSA) is 49.8 Å². The Bertz CT molecular complexity index is 733. The van der Waals surface area contributed by atoms with Crippen molar-refractivity contribution in [2.75, 3.05) is 6.54 Å². The van der Waals surface area contributed by atoms with E-state index in [0.29, 0.717) is 18.7 Å². The lowest BCUT2D eigenvalue weighted by Gasteiger charge is -2.37. The maximum Gasteiger partial charge on any atom is 0.264 e. The molecule has 0 heterocycles. The molecule has 0 aliphatic heterocycles. The largest absolute Gasteiger partial charge is 0.481 e. The molecule has 0 aliphatic rings. The molecule has 1 amide bonds. The van der Waals surface area contributed by atoms with Crippen molar-refractivity contribution < 1.29 is 14.6 Å². The summed E-state index contributed by atoms with van der Waals surface area (Å²) < 4.78 is 6.03. The summed E-state index contributed by atoms with van der Waals surface area (Å²) in [6, 6.07) is 11.6. The van der Waals surface area contributed by atoms with Crippen LogP contribution in [0.3, 0.4) is 0 Å². The van der Waals surface area contributed by atoms with Crippen LogP contribution >= 0.6 is 0 Å². The zero-order chi connectivity index (χ0) is 18.6. The van der Waals surface area contributed by atoms with Crippen LogP contribution < -0.4 is 4.74 Å². The minimum Gasteiger partial charge on any atom is -0.481 e. The molecule has 1 unspecified atom stereocenters. The highest BCUT2D eigenvalue weighted by Gasteiger charge is 2.31. The maximum atomic E-state index is 12.9.